The Hall–Kier alpha value is -0.180. The van der Waals surface area contributed by atoms with Crippen LogP contribution in [0.25, 0.3) is 0 Å². The zero-order valence-corrected chi connectivity index (χ0v) is 8.89. The van der Waals surface area contributed by atoms with Crippen LogP contribution in [0.15, 0.2) is 29.3 Å². The van der Waals surface area contributed by atoms with E-state index in [1.165, 1.54) is 12.1 Å². The van der Waals surface area contributed by atoms with Gasteiger partial charge in [-0.05, 0) is 24.4 Å². The standard InChI is InChI=1S/C7H5NOS.Na/c9-7-3-1-6(2-4-7)8-5-10;/h1-4,9H;/q;+1/p-1. The number of isothiocyanates is 1. The van der Waals surface area contributed by atoms with Gasteiger partial charge in [0.2, 0.25) is 0 Å². The molecular formula is C7H4NNaOS. The van der Waals surface area contributed by atoms with E-state index in [4.69, 9.17) is 0 Å². The molecule has 1 rings (SSSR count). The zero-order valence-electron chi connectivity index (χ0n) is 6.07. The minimum atomic E-state index is -0.0247. The monoisotopic (exact) mass is 173 g/mol. The Morgan fingerprint density at radius 3 is 2.27 bits per heavy atom. The summed E-state index contributed by atoms with van der Waals surface area (Å²) in [4.78, 5) is 3.67. The molecule has 0 heterocycles. The van der Waals surface area contributed by atoms with Crippen LogP contribution in [0.3, 0.4) is 0 Å². The fourth-order valence-corrected chi connectivity index (χ4v) is 0.679. The first-order chi connectivity index (χ1) is 4.83. The summed E-state index contributed by atoms with van der Waals surface area (Å²) in [5, 5.41) is 12.7. The van der Waals surface area contributed by atoms with Crippen LogP contribution in [-0.2, 0) is 0 Å². The van der Waals surface area contributed by atoms with Crippen LogP contribution < -0.4 is 34.7 Å². The normalized spacial score (nSPS) is 7.64. The van der Waals surface area contributed by atoms with Gasteiger partial charge in [0.25, 0.3) is 0 Å². The van der Waals surface area contributed by atoms with Gasteiger partial charge >= 0.3 is 29.6 Å². The molecule has 0 saturated carbocycles. The molecule has 0 aromatic heterocycles. The molecule has 2 nitrogen and oxygen atoms in total. The maximum Gasteiger partial charge on any atom is 1.00 e. The molecule has 0 aliphatic heterocycles. The third-order valence-corrected chi connectivity index (χ3v) is 1.10. The van der Waals surface area contributed by atoms with E-state index in [1.807, 2.05) is 0 Å². The molecule has 0 aliphatic rings. The Bertz CT molecular complexity index is 266. The molecule has 0 spiro atoms. The molecule has 4 heteroatoms. The van der Waals surface area contributed by atoms with Gasteiger partial charge in [0.1, 0.15) is 0 Å². The van der Waals surface area contributed by atoms with E-state index in [1.54, 1.807) is 12.1 Å². The van der Waals surface area contributed by atoms with Crippen LogP contribution in [0, 0.1) is 0 Å². The molecule has 0 bridgehead atoms. The average Bonchev–Trinajstić information content (AvgIpc) is 1.95. The fourth-order valence-electron chi connectivity index (χ4n) is 0.573. The second-order valence-corrected chi connectivity index (χ2v) is 1.88. The summed E-state index contributed by atoms with van der Waals surface area (Å²) in [6.45, 7) is 0. The summed E-state index contributed by atoms with van der Waals surface area (Å²) >= 11 is 4.37. The maximum absolute atomic E-state index is 10.5. The van der Waals surface area contributed by atoms with Gasteiger partial charge in [-0.3, -0.25) is 0 Å². The summed E-state index contributed by atoms with van der Waals surface area (Å²) < 4.78 is 0. The van der Waals surface area contributed by atoms with Crippen LogP contribution >= 0.6 is 12.2 Å². The van der Waals surface area contributed by atoms with Crippen LogP contribution in [0.2, 0.25) is 0 Å². The number of hydrogen-bond donors (Lipinski definition) is 0. The summed E-state index contributed by atoms with van der Waals surface area (Å²) in [5.74, 6) is -0.0247. The Morgan fingerprint density at radius 1 is 1.27 bits per heavy atom. The molecule has 0 unspecified atom stereocenters. The van der Waals surface area contributed by atoms with Gasteiger partial charge in [0.05, 0.1) is 10.8 Å². The predicted octanol–water partition coefficient (Wildman–Crippen LogP) is -1.50. The van der Waals surface area contributed by atoms with Crippen molar-refractivity contribution < 1.29 is 34.7 Å². The van der Waals surface area contributed by atoms with Crippen LogP contribution in [-0.4, -0.2) is 5.16 Å². The van der Waals surface area contributed by atoms with Crippen LogP contribution in [0.1, 0.15) is 0 Å². The maximum atomic E-state index is 10.5. The fraction of sp³-hybridized carbons (Fsp3) is 0. The smallest absolute Gasteiger partial charge is 0.872 e. The van der Waals surface area contributed by atoms with Crippen molar-refractivity contribution in [2.24, 2.45) is 4.99 Å². The Labute approximate surface area is 92.3 Å². The van der Waals surface area contributed by atoms with Crippen molar-refractivity contribution in [1.82, 2.24) is 0 Å². The topological polar surface area (TPSA) is 35.4 Å². The first-order valence-corrected chi connectivity index (χ1v) is 3.09. The zero-order chi connectivity index (χ0) is 7.40. The number of hydrogen-bond acceptors (Lipinski definition) is 3. The SMILES string of the molecule is [Na+].[O-]c1ccc(N=C=S)cc1. The third-order valence-electron chi connectivity index (χ3n) is 1.01. The Kier molecular flexibility index (Phi) is 5.38. The van der Waals surface area contributed by atoms with E-state index < -0.39 is 0 Å². The Balaban J connectivity index is 0.000001000. The van der Waals surface area contributed by atoms with E-state index in [0.717, 1.165) is 0 Å². The van der Waals surface area contributed by atoms with E-state index in [2.05, 4.69) is 22.4 Å². The number of nitrogens with zero attached hydrogens (tertiary/aromatic N) is 1. The number of benzene rings is 1. The van der Waals surface area contributed by atoms with Gasteiger partial charge in [-0.25, -0.2) is 0 Å². The van der Waals surface area contributed by atoms with Crippen molar-refractivity contribution >= 4 is 23.1 Å². The van der Waals surface area contributed by atoms with Crippen molar-refractivity contribution in [1.29, 1.82) is 0 Å². The Morgan fingerprint density at radius 2 is 1.82 bits per heavy atom. The number of rotatable bonds is 1. The average molecular weight is 173 g/mol. The molecule has 0 saturated heterocycles. The second kappa shape index (κ2) is 5.47. The van der Waals surface area contributed by atoms with Crippen LogP contribution in [0.5, 0.6) is 5.75 Å². The third kappa shape index (κ3) is 3.65. The summed E-state index contributed by atoms with van der Waals surface area (Å²) in [7, 11) is 0. The van der Waals surface area contributed by atoms with Crippen LogP contribution in [0.4, 0.5) is 5.69 Å². The first kappa shape index (κ1) is 10.8. The molecule has 1 aromatic rings. The molecule has 1 aromatic carbocycles. The largest absolute Gasteiger partial charge is 1.00 e. The van der Waals surface area contributed by atoms with E-state index in [9.17, 15) is 5.11 Å². The van der Waals surface area contributed by atoms with Gasteiger partial charge in [0.15, 0.2) is 0 Å². The molecule has 0 atom stereocenters. The number of thiocarbonyl (C=S) groups is 1. The summed E-state index contributed by atoms with van der Waals surface area (Å²) in [6, 6.07) is 6.07. The van der Waals surface area contributed by atoms with Crippen molar-refractivity contribution in [2.45, 2.75) is 0 Å². The first-order valence-electron chi connectivity index (χ1n) is 2.68. The van der Waals surface area contributed by atoms with Gasteiger partial charge in [-0.15, -0.1) is 5.75 Å². The minimum absolute atomic E-state index is 0. The molecule has 11 heavy (non-hydrogen) atoms. The molecule has 50 valence electrons. The quantitative estimate of drug-likeness (QED) is 0.294. The van der Waals surface area contributed by atoms with Crippen molar-refractivity contribution in [3.05, 3.63) is 24.3 Å². The molecular weight excluding hydrogens is 169 g/mol. The summed E-state index contributed by atoms with van der Waals surface area (Å²) in [6.07, 6.45) is 0. The van der Waals surface area contributed by atoms with E-state index in [-0.39, 0.29) is 35.3 Å². The minimum Gasteiger partial charge on any atom is -0.872 e. The number of aliphatic imine (C=N–C) groups is 1. The molecule has 0 fully saturated rings. The predicted molar refractivity (Wildman–Crippen MR) is 40.6 cm³/mol. The van der Waals surface area contributed by atoms with E-state index >= 15 is 0 Å². The van der Waals surface area contributed by atoms with E-state index in [0.29, 0.717) is 5.69 Å². The van der Waals surface area contributed by atoms with Gasteiger partial charge < -0.3 is 5.11 Å². The van der Waals surface area contributed by atoms with Gasteiger partial charge in [-0.2, -0.15) is 4.99 Å². The van der Waals surface area contributed by atoms with Crippen molar-refractivity contribution in [2.75, 3.05) is 0 Å². The molecule has 0 amide bonds. The molecule has 0 N–H and O–H groups in total. The van der Waals surface area contributed by atoms with Crippen molar-refractivity contribution in [3.63, 3.8) is 0 Å². The molecule has 0 aliphatic carbocycles. The van der Waals surface area contributed by atoms with Crippen molar-refractivity contribution in [3.8, 4) is 5.75 Å². The molecule has 0 radical (unpaired) electrons. The second-order valence-electron chi connectivity index (χ2n) is 1.70. The summed E-state index contributed by atoms with van der Waals surface area (Å²) in [5.41, 5.74) is 0.662. The van der Waals surface area contributed by atoms with Gasteiger partial charge in [-0.1, -0.05) is 12.1 Å². The van der Waals surface area contributed by atoms with Gasteiger partial charge in [0, 0.05) is 0 Å².